The number of anilines is 1. The molecule has 0 atom stereocenters. The number of carbonyl (C=O) groups is 3. The Bertz CT molecular complexity index is 902. The minimum atomic E-state index is -0.713. The van der Waals surface area contributed by atoms with Crippen LogP contribution in [0.25, 0.3) is 0 Å². The van der Waals surface area contributed by atoms with Crippen molar-refractivity contribution in [1.29, 1.82) is 0 Å². The summed E-state index contributed by atoms with van der Waals surface area (Å²) in [6, 6.07) is 12.4. The van der Waals surface area contributed by atoms with Gasteiger partial charge in [-0.1, -0.05) is 50.6 Å². The van der Waals surface area contributed by atoms with Crippen LogP contribution in [-0.2, 0) is 19.7 Å². The number of rotatable bonds is 6. The first-order valence-corrected chi connectivity index (χ1v) is 9.54. The largest absolute Gasteiger partial charge is 0.454 e. The fourth-order valence-electron chi connectivity index (χ4n) is 2.48. The summed E-state index contributed by atoms with van der Waals surface area (Å²) in [7, 11) is 0. The predicted octanol–water partition coefficient (Wildman–Crippen LogP) is 3.86. The Balaban J connectivity index is 1.77. The van der Waals surface area contributed by atoms with Gasteiger partial charge in [-0.3, -0.25) is 14.4 Å². The molecular weight excluding hydrogens is 392 g/mol. The van der Waals surface area contributed by atoms with Crippen LogP contribution in [-0.4, -0.2) is 30.9 Å². The van der Waals surface area contributed by atoms with Gasteiger partial charge < -0.3 is 15.4 Å². The maximum absolute atomic E-state index is 12.1. The fraction of sp³-hybridized carbons (Fsp3) is 0.318. The highest BCUT2D eigenvalue weighted by Crippen LogP contribution is 2.23. The van der Waals surface area contributed by atoms with E-state index in [9.17, 15) is 14.4 Å². The standard InChI is InChI=1S/C22H25ClN2O4/c1-14-5-10-18(17(23)11-14)25-19(26)13-29-20(27)12-24-21(28)15-6-8-16(9-7-15)22(2,3)4/h5-11H,12-13H2,1-4H3,(H,24,28)(H,25,26). The van der Waals surface area contributed by atoms with Gasteiger partial charge in [0.15, 0.2) is 6.61 Å². The molecule has 0 saturated carbocycles. The van der Waals surface area contributed by atoms with Gasteiger partial charge in [0.1, 0.15) is 6.54 Å². The molecule has 154 valence electrons. The molecule has 0 unspecified atom stereocenters. The van der Waals surface area contributed by atoms with Crippen LogP contribution >= 0.6 is 11.6 Å². The van der Waals surface area contributed by atoms with Crippen LogP contribution in [0, 0.1) is 6.92 Å². The first kappa shape index (κ1) is 22.4. The van der Waals surface area contributed by atoms with Crippen LogP contribution in [0.5, 0.6) is 0 Å². The Hall–Kier alpha value is -2.86. The quantitative estimate of drug-likeness (QED) is 0.700. The summed E-state index contributed by atoms with van der Waals surface area (Å²) in [5.74, 6) is -1.62. The molecular formula is C22H25ClN2O4. The Kier molecular flexibility index (Phi) is 7.40. The highest BCUT2D eigenvalue weighted by Gasteiger charge is 2.15. The van der Waals surface area contributed by atoms with Crippen molar-refractivity contribution in [3.63, 3.8) is 0 Å². The number of halogens is 1. The molecule has 2 aromatic carbocycles. The number of aryl methyl sites for hydroxylation is 1. The molecule has 0 aliphatic heterocycles. The second-order valence-corrected chi connectivity index (χ2v) is 8.11. The molecule has 0 spiro atoms. The van der Waals surface area contributed by atoms with Gasteiger partial charge in [-0.25, -0.2) is 0 Å². The predicted molar refractivity (Wildman–Crippen MR) is 113 cm³/mol. The normalized spacial score (nSPS) is 10.9. The van der Waals surface area contributed by atoms with E-state index in [1.165, 1.54) is 0 Å². The van der Waals surface area contributed by atoms with Gasteiger partial charge in [0, 0.05) is 5.56 Å². The summed E-state index contributed by atoms with van der Waals surface area (Å²) in [5.41, 5.74) is 2.93. The van der Waals surface area contributed by atoms with Crippen LogP contribution in [0.1, 0.15) is 42.3 Å². The van der Waals surface area contributed by atoms with Crippen molar-refractivity contribution < 1.29 is 19.1 Å². The molecule has 0 aliphatic rings. The van der Waals surface area contributed by atoms with Gasteiger partial charge in [-0.15, -0.1) is 0 Å². The van der Waals surface area contributed by atoms with Crippen molar-refractivity contribution in [2.24, 2.45) is 0 Å². The van der Waals surface area contributed by atoms with Gasteiger partial charge in [-0.05, 0) is 47.7 Å². The third-order valence-corrected chi connectivity index (χ3v) is 4.48. The molecule has 2 N–H and O–H groups in total. The van der Waals surface area contributed by atoms with Crippen LogP contribution in [0.4, 0.5) is 5.69 Å². The lowest BCUT2D eigenvalue weighted by molar-refractivity contribution is -0.146. The van der Waals surface area contributed by atoms with E-state index in [0.717, 1.165) is 11.1 Å². The molecule has 6 nitrogen and oxygen atoms in total. The average molecular weight is 417 g/mol. The summed E-state index contributed by atoms with van der Waals surface area (Å²) in [6.07, 6.45) is 0. The topological polar surface area (TPSA) is 84.5 Å². The molecule has 2 rings (SSSR count). The average Bonchev–Trinajstić information content (AvgIpc) is 2.66. The van der Waals surface area contributed by atoms with E-state index in [4.69, 9.17) is 16.3 Å². The van der Waals surface area contributed by atoms with Crippen molar-refractivity contribution in [1.82, 2.24) is 5.32 Å². The number of carbonyl (C=O) groups excluding carboxylic acids is 3. The summed E-state index contributed by atoms with van der Waals surface area (Å²) in [5, 5.41) is 5.44. The van der Waals surface area contributed by atoms with Crippen LogP contribution < -0.4 is 10.6 Å². The lowest BCUT2D eigenvalue weighted by atomic mass is 9.87. The number of ether oxygens (including phenoxy) is 1. The highest BCUT2D eigenvalue weighted by atomic mass is 35.5. The zero-order valence-electron chi connectivity index (χ0n) is 17.0. The van der Waals surface area contributed by atoms with E-state index < -0.39 is 24.4 Å². The third-order valence-electron chi connectivity index (χ3n) is 4.17. The molecule has 0 aromatic heterocycles. The van der Waals surface area contributed by atoms with Crippen LogP contribution in [0.3, 0.4) is 0 Å². The van der Waals surface area contributed by atoms with Gasteiger partial charge in [0.25, 0.3) is 11.8 Å². The Morgan fingerprint density at radius 3 is 2.28 bits per heavy atom. The minimum absolute atomic E-state index is 0.0117. The number of nitrogens with one attached hydrogen (secondary N) is 2. The molecule has 0 saturated heterocycles. The smallest absolute Gasteiger partial charge is 0.325 e. The minimum Gasteiger partial charge on any atom is -0.454 e. The monoisotopic (exact) mass is 416 g/mol. The molecule has 2 amide bonds. The molecule has 29 heavy (non-hydrogen) atoms. The van der Waals surface area contributed by atoms with E-state index in [-0.39, 0.29) is 12.0 Å². The van der Waals surface area contributed by atoms with Gasteiger partial charge in [0.05, 0.1) is 10.7 Å². The third kappa shape index (κ3) is 6.91. The van der Waals surface area contributed by atoms with E-state index in [0.29, 0.717) is 16.3 Å². The molecule has 0 heterocycles. The Morgan fingerprint density at radius 1 is 1.03 bits per heavy atom. The van der Waals surface area contributed by atoms with E-state index in [1.807, 2.05) is 19.1 Å². The van der Waals surface area contributed by atoms with Crippen LogP contribution in [0.15, 0.2) is 42.5 Å². The summed E-state index contributed by atoms with van der Waals surface area (Å²) >= 11 is 6.04. The molecule has 0 fully saturated rings. The second kappa shape index (κ2) is 9.56. The zero-order valence-corrected chi connectivity index (χ0v) is 17.7. The maximum Gasteiger partial charge on any atom is 0.325 e. The molecule has 7 heteroatoms. The van der Waals surface area contributed by atoms with Gasteiger partial charge in [0.2, 0.25) is 0 Å². The van der Waals surface area contributed by atoms with Crippen molar-refractivity contribution in [2.75, 3.05) is 18.5 Å². The van der Waals surface area contributed by atoms with Crippen molar-refractivity contribution >= 4 is 35.1 Å². The second-order valence-electron chi connectivity index (χ2n) is 7.70. The van der Waals surface area contributed by atoms with Crippen molar-refractivity contribution in [3.8, 4) is 0 Å². The summed E-state index contributed by atoms with van der Waals surface area (Å²) in [4.78, 5) is 35.8. The molecule has 2 aromatic rings. The van der Waals surface area contributed by atoms with Gasteiger partial charge >= 0.3 is 5.97 Å². The first-order chi connectivity index (χ1) is 13.6. The number of hydrogen-bond donors (Lipinski definition) is 2. The number of amides is 2. The number of hydrogen-bond acceptors (Lipinski definition) is 4. The van der Waals surface area contributed by atoms with Crippen molar-refractivity contribution in [2.45, 2.75) is 33.1 Å². The Morgan fingerprint density at radius 2 is 1.69 bits per heavy atom. The summed E-state index contributed by atoms with van der Waals surface area (Å²) < 4.78 is 4.88. The summed E-state index contributed by atoms with van der Waals surface area (Å²) in [6.45, 7) is 7.33. The SMILES string of the molecule is Cc1ccc(NC(=O)COC(=O)CNC(=O)c2ccc(C(C)(C)C)cc2)c(Cl)c1. The van der Waals surface area contributed by atoms with Gasteiger partial charge in [-0.2, -0.15) is 0 Å². The molecule has 0 bridgehead atoms. The van der Waals surface area contributed by atoms with Crippen LogP contribution in [0.2, 0.25) is 5.02 Å². The zero-order chi connectivity index (χ0) is 21.6. The number of esters is 1. The first-order valence-electron chi connectivity index (χ1n) is 9.16. The highest BCUT2D eigenvalue weighted by molar-refractivity contribution is 6.33. The maximum atomic E-state index is 12.1. The van der Waals surface area contributed by atoms with E-state index in [1.54, 1.807) is 30.3 Å². The van der Waals surface area contributed by atoms with E-state index in [2.05, 4.69) is 31.4 Å². The Labute approximate surface area is 175 Å². The number of benzene rings is 2. The fourth-order valence-corrected chi connectivity index (χ4v) is 2.76. The molecule has 0 aliphatic carbocycles. The van der Waals surface area contributed by atoms with E-state index >= 15 is 0 Å². The molecule has 0 radical (unpaired) electrons. The lowest BCUT2D eigenvalue weighted by Crippen LogP contribution is -2.32. The lowest BCUT2D eigenvalue weighted by Gasteiger charge is -2.19. The van der Waals surface area contributed by atoms with Crippen molar-refractivity contribution in [3.05, 3.63) is 64.2 Å².